The highest BCUT2D eigenvalue weighted by atomic mass is 35.5. The Morgan fingerprint density at radius 1 is 1.31 bits per heavy atom. The van der Waals surface area contributed by atoms with Crippen LogP contribution in [-0.2, 0) is 4.79 Å². The van der Waals surface area contributed by atoms with Crippen molar-refractivity contribution in [1.82, 2.24) is 9.88 Å². The van der Waals surface area contributed by atoms with Crippen molar-refractivity contribution in [3.05, 3.63) is 39.4 Å². The Hall–Kier alpha value is -2.12. The molecule has 0 aliphatic carbocycles. The Bertz CT molecular complexity index is 805. The molecule has 0 radical (unpaired) electrons. The Morgan fingerprint density at radius 2 is 2.04 bits per heavy atom. The zero-order valence-corrected chi connectivity index (χ0v) is 16.8. The third-order valence-corrected chi connectivity index (χ3v) is 4.88. The van der Waals surface area contributed by atoms with E-state index in [4.69, 9.17) is 16.3 Å². The number of amides is 2. The van der Waals surface area contributed by atoms with Crippen molar-refractivity contribution in [3.8, 4) is 5.75 Å². The van der Waals surface area contributed by atoms with Crippen molar-refractivity contribution >= 4 is 39.9 Å². The first-order chi connectivity index (χ1) is 12.3. The third-order valence-electron chi connectivity index (χ3n) is 3.59. The summed E-state index contributed by atoms with van der Waals surface area (Å²) in [5.74, 6) is 0.489. The van der Waals surface area contributed by atoms with E-state index in [0.29, 0.717) is 40.2 Å². The van der Waals surface area contributed by atoms with Gasteiger partial charge in [0.1, 0.15) is 10.6 Å². The largest absolute Gasteiger partial charge is 0.493 e. The molecule has 1 N–H and O–H groups in total. The average Bonchev–Trinajstić information content (AvgIpc) is 2.92. The predicted octanol–water partition coefficient (Wildman–Crippen LogP) is 3.91. The van der Waals surface area contributed by atoms with Gasteiger partial charge in [-0.3, -0.25) is 9.59 Å². The Kier molecular flexibility index (Phi) is 6.99. The summed E-state index contributed by atoms with van der Waals surface area (Å²) in [6.45, 7) is 4.10. The number of rotatable bonds is 7. The second-order valence-corrected chi connectivity index (χ2v) is 7.48. The summed E-state index contributed by atoms with van der Waals surface area (Å²) in [4.78, 5) is 30.3. The van der Waals surface area contributed by atoms with E-state index in [9.17, 15) is 9.59 Å². The van der Waals surface area contributed by atoms with E-state index in [1.165, 1.54) is 16.2 Å². The van der Waals surface area contributed by atoms with Gasteiger partial charge in [0.05, 0.1) is 12.3 Å². The molecule has 1 aromatic heterocycles. The third kappa shape index (κ3) is 5.44. The minimum absolute atomic E-state index is 0.118. The van der Waals surface area contributed by atoms with Crippen molar-refractivity contribution in [2.24, 2.45) is 0 Å². The summed E-state index contributed by atoms with van der Waals surface area (Å²) in [5, 5.41) is 3.84. The monoisotopic (exact) mass is 395 g/mol. The predicted molar refractivity (Wildman–Crippen MR) is 104 cm³/mol. The molecule has 140 valence electrons. The fourth-order valence-electron chi connectivity index (χ4n) is 2.22. The Labute approximate surface area is 162 Å². The van der Waals surface area contributed by atoms with Crippen molar-refractivity contribution < 1.29 is 14.3 Å². The van der Waals surface area contributed by atoms with Crippen molar-refractivity contribution in [2.45, 2.75) is 26.7 Å². The minimum Gasteiger partial charge on any atom is -0.493 e. The Balaban J connectivity index is 1.80. The zero-order valence-electron chi connectivity index (χ0n) is 15.3. The molecule has 0 atom stereocenters. The quantitative estimate of drug-likeness (QED) is 0.721. The maximum absolute atomic E-state index is 12.0. The smallest absolute Gasteiger partial charge is 0.265 e. The first-order valence-electron chi connectivity index (χ1n) is 8.16. The number of hydrogen-bond acceptors (Lipinski definition) is 5. The van der Waals surface area contributed by atoms with Crippen LogP contribution in [0.5, 0.6) is 5.75 Å². The number of nitrogens with zero attached hydrogens (tertiary/aromatic N) is 2. The topological polar surface area (TPSA) is 71.5 Å². The van der Waals surface area contributed by atoms with E-state index in [0.717, 1.165) is 11.3 Å². The number of aryl methyl sites for hydroxylation is 2. The van der Waals surface area contributed by atoms with Crippen LogP contribution in [0.25, 0.3) is 0 Å². The van der Waals surface area contributed by atoms with Gasteiger partial charge < -0.3 is 15.0 Å². The van der Waals surface area contributed by atoms with Crippen LogP contribution in [0.1, 0.15) is 33.8 Å². The molecule has 0 spiro atoms. The first kappa shape index (κ1) is 20.2. The van der Waals surface area contributed by atoms with E-state index in [2.05, 4.69) is 10.3 Å². The summed E-state index contributed by atoms with van der Waals surface area (Å²) in [7, 11) is 3.37. The van der Waals surface area contributed by atoms with E-state index >= 15 is 0 Å². The molecule has 8 heteroatoms. The summed E-state index contributed by atoms with van der Waals surface area (Å²) in [5.41, 5.74) is 1.57. The molecule has 0 unspecified atom stereocenters. The lowest BCUT2D eigenvalue weighted by atomic mass is 10.2. The molecule has 1 heterocycles. The zero-order chi connectivity index (χ0) is 19.3. The molecule has 6 nitrogen and oxygen atoms in total. The maximum atomic E-state index is 12.0. The van der Waals surface area contributed by atoms with Crippen LogP contribution in [-0.4, -0.2) is 42.4 Å². The molecule has 0 aliphatic heterocycles. The number of anilines is 1. The fraction of sp³-hybridized carbons (Fsp3) is 0.389. The lowest BCUT2D eigenvalue weighted by Gasteiger charge is -2.09. The highest BCUT2D eigenvalue weighted by Gasteiger charge is 2.17. The van der Waals surface area contributed by atoms with Crippen LogP contribution < -0.4 is 10.1 Å². The van der Waals surface area contributed by atoms with E-state index < -0.39 is 0 Å². The van der Waals surface area contributed by atoms with E-state index in [-0.39, 0.29) is 11.8 Å². The van der Waals surface area contributed by atoms with Gasteiger partial charge in [-0.05, 0) is 44.0 Å². The number of ether oxygens (including phenoxy) is 1. The number of thiazole rings is 1. The summed E-state index contributed by atoms with van der Waals surface area (Å²) in [6.07, 6.45) is 0.879. The molecule has 26 heavy (non-hydrogen) atoms. The van der Waals surface area contributed by atoms with Crippen molar-refractivity contribution in [3.63, 3.8) is 0 Å². The van der Waals surface area contributed by atoms with E-state index in [1.807, 2.05) is 19.1 Å². The highest BCUT2D eigenvalue weighted by Crippen LogP contribution is 2.24. The van der Waals surface area contributed by atoms with Gasteiger partial charge in [0, 0.05) is 25.5 Å². The minimum atomic E-state index is -0.154. The van der Waals surface area contributed by atoms with Gasteiger partial charge in [-0.2, -0.15) is 0 Å². The van der Waals surface area contributed by atoms with Crippen molar-refractivity contribution in [1.29, 1.82) is 0 Å². The van der Waals surface area contributed by atoms with Crippen molar-refractivity contribution in [2.75, 3.05) is 26.0 Å². The summed E-state index contributed by atoms with van der Waals surface area (Å²) >= 11 is 7.09. The van der Waals surface area contributed by atoms with E-state index in [1.54, 1.807) is 27.1 Å². The summed E-state index contributed by atoms with van der Waals surface area (Å²) in [6, 6.07) is 5.42. The molecule has 0 fully saturated rings. The van der Waals surface area contributed by atoms with Gasteiger partial charge in [0.15, 0.2) is 5.13 Å². The molecule has 0 aliphatic rings. The highest BCUT2D eigenvalue weighted by molar-refractivity contribution is 7.17. The molecule has 0 bridgehead atoms. The molecule has 0 saturated carbocycles. The number of carbonyl (C=O) groups is 2. The van der Waals surface area contributed by atoms with Crippen LogP contribution in [0.15, 0.2) is 18.2 Å². The van der Waals surface area contributed by atoms with Gasteiger partial charge in [0.2, 0.25) is 5.91 Å². The van der Waals surface area contributed by atoms with Crippen LogP contribution in [0.4, 0.5) is 5.13 Å². The fourth-order valence-corrected chi connectivity index (χ4v) is 3.45. The van der Waals surface area contributed by atoms with Crippen LogP contribution in [0.3, 0.4) is 0 Å². The molecular formula is C18H22ClN3O3S. The molecule has 2 rings (SSSR count). The lowest BCUT2D eigenvalue weighted by Crippen LogP contribution is -2.21. The second-order valence-electron chi connectivity index (χ2n) is 6.04. The Morgan fingerprint density at radius 3 is 2.69 bits per heavy atom. The van der Waals surface area contributed by atoms with Gasteiger partial charge in [-0.25, -0.2) is 4.98 Å². The number of carbonyl (C=O) groups excluding carboxylic acids is 2. The molecular weight excluding hydrogens is 374 g/mol. The average molecular weight is 396 g/mol. The molecule has 0 saturated heterocycles. The lowest BCUT2D eigenvalue weighted by molar-refractivity contribution is -0.116. The maximum Gasteiger partial charge on any atom is 0.265 e. The number of nitrogens with one attached hydrogen (secondary N) is 1. The normalized spacial score (nSPS) is 10.5. The molecule has 2 amide bonds. The molecule has 2 aromatic rings. The number of benzene rings is 1. The van der Waals surface area contributed by atoms with Crippen LogP contribution >= 0.6 is 22.9 Å². The number of halogens is 1. The van der Waals surface area contributed by atoms with Gasteiger partial charge >= 0.3 is 0 Å². The molecule has 1 aromatic carbocycles. The van der Waals surface area contributed by atoms with Crippen LogP contribution in [0.2, 0.25) is 5.02 Å². The van der Waals surface area contributed by atoms with Crippen LogP contribution in [0, 0.1) is 13.8 Å². The second kappa shape index (κ2) is 9.00. The SMILES string of the molecule is Cc1cc(Cl)ccc1OCCCC(=O)Nc1nc(C)c(C(=O)N(C)C)s1. The standard InChI is InChI=1S/C18H22ClN3O3S/c1-11-10-13(19)7-8-14(11)25-9-5-6-15(23)21-18-20-12(2)16(26-18)17(24)22(3)4/h7-8,10H,5-6,9H2,1-4H3,(H,20,21,23). The first-order valence-corrected chi connectivity index (χ1v) is 9.35. The van der Waals surface area contributed by atoms with Gasteiger partial charge in [-0.1, -0.05) is 22.9 Å². The number of hydrogen-bond donors (Lipinski definition) is 1. The summed E-state index contributed by atoms with van der Waals surface area (Å²) < 4.78 is 5.67. The van der Waals surface area contributed by atoms with Gasteiger partial charge in [0.25, 0.3) is 5.91 Å². The van der Waals surface area contributed by atoms with Gasteiger partial charge in [-0.15, -0.1) is 0 Å². The number of aromatic nitrogens is 1.